The van der Waals surface area contributed by atoms with Gasteiger partial charge in [-0.25, -0.2) is 0 Å². The molecule has 0 aromatic carbocycles. The molecule has 1 aromatic heterocycles. The lowest BCUT2D eigenvalue weighted by atomic mass is 10.4. The van der Waals surface area contributed by atoms with Gasteiger partial charge in [-0.2, -0.15) is 0 Å². The first kappa shape index (κ1) is 9.69. The minimum absolute atomic E-state index is 0.639. The molecule has 1 aromatic rings. The Morgan fingerprint density at radius 1 is 1.73 bits per heavy atom. The van der Waals surface area contributed by atoms with E-state index in [-0.39, 0.29) is 0 Å². The molecule has 0 bridgehead atoms. The van der Waals surface area contributed by atoms with Crippen LogP contribution in [0.3, 0.4) is 0 Å². The van der Waals surface area contributed by atoms with E-state index in [1.165, 1.54) is 6.08 Å². The summed E-state index contributed by atoms with van der Waals surface area (Å²) in [5.74, 6) is 1.06. The maximum atomic E-state index is 9.06. The molecule has 1 rings (SSSR count). The van der Waals surface area contributed by atoms with Gasteiger partial charge in [-0.15, -0.1) is 0 Å². The zero-order valence-corrected chi connectivity index (χ0v) is 6.62. The molecular weight excluding hydrogens is 140 g/mol. The van der Waals surface area contributed by atoms with Crippen LogP contribution >= 0.6 is 0 Å². The molecule has 0 aliphatic heterocycles. The van der Waals surface area contributed by atoms with Crippen molar-refractivity contribution in [3.8, 4) is 0 Å². The van der Waals surface area contributed by atoms with E-state index < -0.39 is 0 Å². The molecule has 0 aliphatic carbocycles. The summed E-state index contributed by atoms with van der Waals surface area (Å²) in [5, 5.41) is 0. The molecule has 0 saturated carbocycles. The summed E-state index contributed by atoms with van der Waals surface area (Å²) in [5.41, 5.74) is 0. The maximum Gasteiger partial charge on any atom is 0.142 e. The van der Waals surface area contributed by atoms with Crippen LogP contribution in [0.2, 0.25) is 0 Å². The molecule has 0 spiro atoms. The Labute approximate surface area is 66.5 Å². The van der Waals surface area contributed by atoms with Gasteiger partial charge in [0.15, 0.2) is 0 Å². The molecule has 0 atom stereocenters. The number of aldehydes is 1. The molecule has 0 fully saturated rings. The Balaban J connectivity index is 0.000000218. The summed E-state index contributed by atoms with van der Waals surface area (Å²) in [7, 11) is 0. The minimum atomic E-state index is 0.639. The van der Waals surface area contributed by atoms with Crippen LogP contribution in [-0.2, 0) is 11.2 Å². The summed E-state index contributed by atoms with van der Waals surface area (Å²) < 4.78 is 4.98. The molecule has 2 heteroatoms. The highest BCUT2D eigenvalue weighted by Crippen LogP contribution is 1.98. The third-order valence-electron chi connectivity index (χ3n) is 1.02. The van der Waals surface area contributed by atoms with Gasteiger partial charge in [0, 0.05) is 6.42 Å². The van der Waals surface area contributed by atoms with E-state index in [0.29, 0.717) is 6.29 Å². The highest BCUT2D eigenvalue weighted by atomic mass is 16.3. The Morgan fingerprint density at radius 2 is 2.36 bits per heavy atom. The van der Waals surface area contributed by atoms with Crippen molar-refractivity contribution in [3.05, 3.63) is 36.8 Å². The molecule has 2 nitrogen and oxygen atoms in total. The molecule has 0 N–H and O–H groups in total. The molecule has 1 heterocycles. The normalized spacial score (nSPS) is 7.73. The van der Waals surface area contributed by atoms with Crippen molar-refractivity contribution < 1.29 is 9.21 Å². The van der Waals surface area contributed by atoms with Crippen LogP contribution in [-0.4, -0.2) is 6.29 Å². The van der Waals surface area contributed by atoms with Gasteiger partial charge < -0.3 is 4.42 Å². The second-order valence-corrected chi connectivity index (χ2v) is 1.80. The number of aryl methyl sites for hydroxylation is 1. The molecule has 11 heavy (non-hydrogen) atoms. The molecule has 0 radical (unpaired) electrons. The second kappa shape index (κ2) is 6.81. The molecule has 0 aliphatic rings. The fraction of sp³-hybridized carbons (Fsp3) is 0.222. The first-order valence-electron chi connectivity index (χ1n) is 3.43. The van der Waals surface area contributed by atoms with E-state index in [2.05, 4.69) is 13.5 Å². The molecule has 0 saturated heterocycles. The minimum Gasteiger partial charge on any atom is -0.469 e. The fourth-order valence-corrected chi connectivity index (χ4v) is 0.514. The van der Waals surface area contributed by atoms with Crippen molar-refractivity contribution in [2.24, 2.45) is 0 Å². The standard InChI is InChI=1S/C6H8O.C3H4O/c1-2-6-4-3-5-7-6;1-2-3-4/h3-5H,2H2,1H3;2-3H,1H2. The van der Waals surface area contributed by atoms with E-state index in [9.17, 15) is 0 Å². The van der Waals surface area contributed by atoms with Gasteiger partial charge in [-0.05, 0) is 18.2 Å². The third kappa shape index (κ3) is 5.15. The van der Waals surface area contributed by atoms with Crippen LogP contribution in [0, 0.1) is 0 Å². The summed E-state index contributed by atoms with van der Waals surface area (Å²) in [4.78, 5) is 9.06. The summed E-state index contributed by atoms with van der Waals surface area (Å²) >= 11 is 0. The van der Waals surface area contributed by atoms with Crippen LogP contribution in [0.15, 0.2) is 35.5 Å². The maximum absolute atomic E-state index is 9.06. The lowest BCUT2D eigenvalue weighted by Crippen LogP contribution is -1.66. The summed E-state index contributed by atoms with van der Waals surface area (Å²) in [6.07, 6.45) is 4.52. The Hall–Kier alpha value is -1.31. The SMILES string of the molecule is C=CC=O.CCc1ccco1. The smallest absolute Gasteiger partial charge is 0.142 e. The molecule has 0 amide bonds. The largest absolute Gasteiger partial charge is 0.469 e. The Morgan fingerprint density at radius 3 is 2.55 bits per heavy atom. The number of hydrogen-bond acceptors (Lipinski definition) is 2. The van der Waals surface area contributed by atoms with Crippen LogP contribution < -0.4 is 0 Å². The van der Waals surface area contributed by atoms with Crippen LogP contribution in [0.1, 0.15) is 12.7 Å². The van der Waals surface area contributed by atoms with Crippen LogP contribution in [0.5, 0.6) is 0 Å². The fourth-order valence-electron chi connectivity index (χ4n) is 0.514. The van der Waals surface area contributed by atoms with Crippen LogP contribution in [0.4, 0.5) is 0 Å². The predicted molar refractivity (Wildman–Crippen MR) is 44.3 cm³/mol. The summed E-state index contributed by atoms with van der Waals surface area (Å²) in [6, 6.07) is 3.87. The number of carbonyl (C=O) groups excluding carboxylic acids is 1. The highest BCUT2D eigenvalue weighted by Gasteiger charge is 1.84. The number of allylic oxidation sites excluding steroid dienone is 1. The van der Waals surface area contributed by atoms with E-state index >= 15 is 0 Å². The average molecular weight is 152 g/mol. The van der Waals surface area contributed by atoms with Crippen molar-refractivity contribution in [1.29, 1.82) is 0 Å². The lowest BCUT2D eigenvalue weighted by molar-refractivity contribution is -0.104. The van der Waals surface area contributed by atoms with Gasteiger partial charge in [-0.1, -0.05) is 13.5 Å². The number of carbonyl (C=O) groups is 1. The van der Waals surface area contributed by atoms with Crippen LogP contribution in [0.25, 0.3) is 0 Å². The van der Waals surface area contributed by atoms with Crippen molar-refractivity contribution in [3.63, 3.8) is 0 Å². The zero-order valence-electron chi connectivity index (χ0n) is 6.62. The number of rotatable bonds is 2. The number of furan rings is 1. The molecular formula is C9H12O2. The van der Waals surface area contributed by atoms with E-state index in [0.717, 1.165) is 12.2 Å². The first-order chi connectivity index (χ1) is 5.35. The highest BCUT2D eigenvalue weighted by molar-refractivity contribution is 5.63. The van der Waals surface area contributed by atoms with E-state index in [1.807, 2.05) is 12.1 Å². The van der Waals surface area contributed by atoms with Gasteiger partial charge in [0.2, 0.25) is 0 Å². The first-order valence-corrected chi connectivity index (χ1v) is 3.43. The van der Waals surface area contributed by atoms with Crippen molar-refractivity contribution in [2.75, 3.05) is 0 Å². The van der Waals surface area contributed by atoms with Crippen molar-refractivity contribution in [1.82, 2.24) is 0 Å². The van der Waals surface area contributed by atoms with E-state index in [4.69, 9.17) is 9.21 Å². The monoisotopic (exact) mass is 152 g/mol. The van der Waals surface area contributed by atoms with Gasteiger partial charge in [-0.3, -0.25) is 4.79 Å². The average Bonchev–Trinajstić information content (AvgIpc) is 2.56. The van der Waals surface area contributed by atoms with Gasteiger partial charge in [0.25, 0.3) is 0 Å². The summed E-state index contributed by atoms with van der Waals surface area (Å²) in [6.45, 7) is 5.18. The van der Waals surface area contributed by atoms with Crippen molar-refractivity contribution in [2.45, 2.75) is 13.3 Å². The Bertz CT molecular complexity index is 181. The van der Waals surface area contributed by atoms with E-state index in [1.54, 1.807) is 6.26 Å². The van der Waals surface area contributed by atoms with Gasteiger partial charge in [0.05, 0.1) is 6.26 Å². The second-order valence-electron chi connectivity index (χ2n) is 1.80. The third-order valence-corrected chi connectivity index (χ3v) is 1.02. The quantitative estimate of drug-likeness (QED) is 0.480. The molecule has 60 valence electrons. The van der Waals surface area contributed by atoms with Gasteiger partial charge >= 0.3 is 0 Å². The van der Waals surface area contributed by atoms with Gasteiger partial charge in [0.1, 0.15) is 12.0 Å². The predicted octanol–water partition coefficient (Wildman–Crippen LogP) is 2.21. The number of hydrogen-bond donors (Lipinski definition) is 0. The zero-order chi connectivity index (χ0) is 8.53. The topological polar surface area (TPSA) is 30.2 Å². The Kier molecular flexibility index (Phi) is 5.99. The van der Waals surface area contributed by atoms with Crippen molar-refractivity contribution >= 4 is 6.29 Å². The lowest BCUT2D eigenvalue weighted by Gasteiger charge is -1.79. The molecule has 0 unspecified atom stereocenters.